The van der Waals surface area contributed by atoms with E-state index < -0.39 is 0 Å². The highest BCUT2D eigenvalue weighted by atomic mass is 79.9. The van der Waals surface area contributed by atoms with Crippen LogP contribution in [0.2, 0.25) is 0 Å². The maximum atomic E-state index is 10.8. The number of halogens is 1. The molecule has 0 aliphatic rings. The Kier molecular flexibility index (Phi) is 6.62. The summed E-state index contributed by atoms with van der Waals surface area (Å²) in [5.41, 5.74) is 0. The lowest BCUT2D eigenvalue weighted by Crippen LogP contribution is -2.01. The number of nitrogens with zero attached hydrogens (tertiary/aromatic N) is 1. The maximum Gasteiger partial charge on any atom is 0.305 e. The average molecular weight is 302 g/mol. The first-order valence-electron chi connectivity index (χ1n) is 5.53. The van der Waals surface area contributed by atoms with Crippen molar-refractivity contribution in [1.82, 2.24) is 4.98 Å². The van der Waals surface area contributed by atoms with E-state index in [2.05, 4.69) is 25.7 Å². The van der Waals surface area contributed by atoms with Gasteiger partial charge < -0.3 is 9.47 Å². The quantitative estimate of drug-likeness (QED) is 0.441. The summed E-state index contributed by atoms with van der Waals surface area (Å²) in [4.78, 5) is 14.9. The number of hydrogen-bond acceptors (Lipinski definition) is 4. The number of aromatic nitrogens is 1. The number of unbranched alkanes of at least 4 members (excludes halogenated alkanes) is 2. The Hall–Kier alpha value is -1.10. The van der Waals surface area contributed by atoms with Crippen molar-refractivity contribution in [2.24, 2.45) is 0 Å². The van der Waals surface area contributed by atoms with Crippen molar-refractivity contribution in [3.8, 4) is 5.75 Å². The van der Waals surface area contributed by atoms with Crippen molar-refractivity contribution in [2.75, 3.05) is 13.7 Å². The van der Waals surface area contributed by atoms with E-state index in [0.717, 1.165) is 29.6 Å². The van der Waals surface area contributed by atoms with Crippen molar-refractivity contribution >= 4 is 21.9 Å². The number of methoxy groups -OCH3 is 1. The molecular formula is C12H16BrNO3. The Morgan fingerprint density at radius 1 is 1.35 bits per heavy atom. The fourth-order valence-corrected chi connectivity index (χ4v) is 1.52. The molecule has 0 aliphatic heterocycles. The van der Waals surface area contributed by atoms with Gasteiger partial charge in [-0.15, -0.1) is 0 Å². The summed E-state index contributed by atoms with van der Waals surface area (Å²) >= 11 is 3.26. The second-order valence-corrected chi connectivity index (χ2v) is 4.36. The zero-order chi connectivity index (χ0) is 12.5. The minimum Gasteiger partial charge on any atom is -0.492 e. The van der Waals surface area contributed by atoms with E-state index in [1.807, 2.05) is 12.1 Å². The van der Waals surface area contributed by atoms with Crippen LogP contribution in [0.3, 0.4) is 0 Å². The van der Waals surface area contributed by atoms with Gasteiger partial charge in [0.15, 0.2) is 0 Å². The van der Waals surface area contributed by atoms with Crippen molar-refractivity contribution in [3.05, 3.63) is 22.9 Å². The monoisotopic (exact) mass is 301 g/mol. The van der Waals surface area contributed by atoms with Gasteiger partial charge in [-0.05, 0) is 47.3 Å². The van der Waals surface area contributed by atoms with Gasteiger partial charge in [-0.1, -0.05) is 0 Å². The number of esters is 1. The predicted molar refractivity (Wildman–Crippen MR) is 67.9 cm³/mol. The normalized spacial score (nSPS) is 10.0. The van der Waals surface area contributed by atoms with E-state index in [1.54, 1.807) is 6.20 Å². The number of carbonyl (C=O) groups is 1. The van der Waals surface area contributed by atoms with Gasteiger partial charge in [-0.3, -0.25) is 4.79 Å². The van der Waals surface area contributed by atoms with Gasteiger partial charge in [-0.25, -0.2) is 4.98 Å². The van der Waals surface area contributed by atoms with Gasteiger partial charge in [-0.2, -0.15) is 0 Å². The van der Waals surface area contributed by atoms with E-state index in [0.29, 0.717) is 13.0 Å². The Balaban J connectivity index is 2.04. The smallest absolute Gasteiger partial charge is 0.305 e. The predicted octanol–water partition coefficient (Wildman–Crippen LogP) is 2.96. The molecule has 0 atom stereocenters. The standard InChI is InChI=1S/C12H16BrNO3/c1-16-12(15)5-3-2-4-8-17-10-6-7-11(13)14-9-10/h6-7,9H,2-5,8H2,1H3. The third-order valence-corrected chi connectivity index (χ3v) is 2.69. The molecule has 0 unspecified atom stereocenters. The summed E-state index contributed by atoms with van der Waals surface area (Å²) in [6, 6.07) is 3.71. The molecule has 0 aliphatic carbocycles. The molecule has 0 saturated carbocycles. The van der Waals surface area contributed by atoms with Gasteiger partial charge >= 0.3 is 5.97 Å². The van der Waals surface area contributed by atoms with Gasteiger partial charge in [0.1, 0.15) is 10.4 Å². The molecule has 0 N–H and O–H groups in total. The van der Waals surface area contributed by atoms with Crippen LogP contribution in [0.15, 0.2) is 22.9 Å². The summed E-state index contributed by atoms with van der Waals surface area (Å²) < 4.78 is 10.8. The number of carbonyl (C=O) groups excluding carboxylic acids is 1. The highest BCUT2D eigenvalue weighted by Gasteiger charge is 1.99. The number of rotatable bonds is 7. The van der Waals surface area contributed by atoms with Crippen molar-refractivity contribution in [1.29, 1.82) is 0 Å². The van der Waals surface area contributed by atoms with Crippen LogP contribution >= 0.6 is 15.9 Å². The molecular weight excluding hydrogens is 286 g/mol. The topological polar surface area (TPSA) is 48.4 Å². The van der Waals surface area contributed by atoms with E-state index in [1.165, 1.54) is 7.11 Å². The highest BCUT2D eigenvalue weighted by Crippen LogP contribution is 2.13. The van der Waals surface area contributed by atoms with Gasteiger partial charge in [0.25, 0.3) is 0 Å². The molecule has 0 saturated heterocycles. The maximum absolute atomic E-state index is 10.8. The van der Waals surface area contributed by atoms with Crippen LogP contribution in [-0.2, 0) is 9.53 Å². The minimum atomic E-state index is -0.150. The molecule has 1 aromatic heterocycles. The van der Waals surface area contributed by atoms with Crippen LogP contribution in [0.5, 0.6) is 5.75 Å². The molecule has 5 heteroatoms. The molecule has 0 aromatic carbocycles. The van der Waals surface area contributed by atoms with Crippen molar-refractivity contribution < 1.29 is 14.3 Å². The van der Waals surface area contributed by atoms with Gasteiger partial charge in [0, 0.05) is 6.42 Å². The van der Waals surface area contributed by atoms with E-state index >= 15 is 0 Å². The SMILES string of the molecule is COC(=O)CCCCCOc1ccc(Br)nc1. The number of pyridine rings is 1. The molecule has 1 heterocycles. The third-order valence-electron chi connectivity index (χ3n) is 2.22. The van der Waals surface area contributed by atoms with Crippen LogP contribution < -0.4 is 4.74 Å². The Labute approximate surface area is 109 Å². The van der Waals surface area contributed by atoms with Gasteiger partial charge in [0.2, 0.25) is 0 Å². The lowest BCUT2D eigenvalue weighted by atomic mass is 10.2. The molecule has 94 valence electrons. The Morgan fingerprint density at radius 3 is 2.82 bits per heavy atom. The Bertz CT molecular complexity index is 340. The second kappa shape index (κ2) is 8.06. The second-order valence-electron chi connectivity index (χ2n) is 3.55. The molecule has 0 radical (unpaired) electrons. The summed E-state index contributed by atoms with van der Waals surface area (Å²) in [5.74, 6) is 0.615. The summed E-state index contributed by atoms with van der Waals surface area (Å²) in [6.45, 7) is 0.643. The van der Waals surface area contributed by atoms with Crippen LogP contribution in [0.25, 0.3) is 0 Å². The number of hydrogen-bond donors (Lipinski definition) is 0. The van der Waals surface area contributed by atoms with Crippen LogP contribution in [0, 0.1) is 0 Å². The average Bonchev–Trinajstić information content (AvgIpc) is 2.35. The largest absolute Gasteiger partial charge is 0.492 e. The van der Waals surface area contributed by atoms with E-state index in [9.17, 15) is 4.79 Å². The molecule has 17 heavy (non-hydrogen) atoms. The molecule has 4 nitrogen and oxygen atoms in total. The minimum absolute atomic E-state index is 0.150. The molecule has 0 amide bonds. The molecule has 0 fully saturated rings. The molecule has 0 spiro atoms. The van der Waals surface area contributed by atoms with E-state index in [4.69, 9.17) is 4.74 Å². The lowest BCUT2D eigenvalue weighted by Gasteiger charge is -2.05. The molecule has 0 bridgehead atoms. The first-order chi connectivity index (χ1) is 8.22. The Morgan fingerprint density at radius 2 is 2.18 bits per heavy atom. The van der Waals surface area contributed by atoms with Crippen molar-refractivity contribution in [3.63, 3.8) is 0 Å². The lowest BCUT2D eigenvalue weighted by molar-refractivity contribution is -0.140. The van der Waals surface area contributed by atoms with Crippen LogP contribution in [0.4, 0.5) is 0 Å². The fourth-order valence-electron chi connectivity index (χ4n) is 1.29. The van der Waals surface area contributed by atoms with Crippen LogP contribution in [0.1, 0.15) is 25.7 Å². The number of ether oxygens (including phenoxy) is 2. The molecule has 1 aromatic rings. The molecule has 1 rings (SSSR count). The third kappa shape index (κ3) is 6.26. The summed E-state index contributed by atoms with van der Waals surface area (Å²) in [7, 11) is 1.41. The van der Waals surface area contributed by atoms with Crippen LogP contribution in [-0.4, -0.2) is 24.7 Å². The first-order valence-corrected chi connectivity index (χ1v) is 6.33. The van der Waals surface area contributed by atoms with Crippen molar-refractivity contribution in [2.45, 2.75) is 25.7 Å². The fraction of sp³-hybridized carbons (Fsp3) is 0.500. The first kappa shape index (κ1) is 14.0. The van der Waals surface area contributed by atoms with E-state index in [-0.39, 0.29) is 5.97 Å². The zero-order valence-corrected chi connectivity index (χ0v) is 11.4. The zero-order valence-electron chi connectivity index (χ0n) is 9.82. The van der Waals surface area contributed by atoms with Gasteiger partial charge in [0.05, 0.1) is 19.9 Å². The summed E-state index contributed by atoms with van der Waals surface area (Å²) in [5, 5.41) is 0. The highest BCUT2D eigenvalue weighted by molar-refractivity contribution is 9.10. The summed E-state index contributed by atoms with van der Waals surface area (Å²) in [6.07, 6.45) is 4.88.